The van der Waals surface area contributed by atoms with Crippen molar-refractivity contribution in [2.75, 3.05) is 18.4 Å². The molecule has 0 atom stereocenters. The second-order valence-electron chi connectivity index (χ2n) is 5.41. The minimum absolute atomic E-state index is 0. The number of aromatic nitrogens is 3. The predicted molar refractivity (Wildman–Crippen MR) is 92.6 cm³/mol. The van der Waals surface area contributed by atoms with E-state index in [0.29, 0.717) is 22.4 Å². The number of rotatable bonds is 3. The Kier molecular flexibility index (Phi) is 5.98. The van der Waals surface area contributed by atoms with Crippen LogP contribution in [0.25, 0.3) is 0 Å². The van der Waals surface area contributed by atoms with Gasteiger partial charge >= 0.3 is 0 Å². The van der Waals surface area contributed by atoms with E-state index in [-0.39, 0.29) is 18.3 Å². The zero-order valence-electron chi connectivity index (χ0n) is 12.8. The van der Waals surface area contributed by atoms with Gasteiger partial charge in [0.2, 0.25) is 0 Å². The van der Waals surface area contributed by atoms with Crippen LogP contribution in [0.4, 0.5) is 5.69 Å². The molecule has 0 aliphatic carbocycles. The quantitative estimate of drug-likeness (QED) is 0.887. The van der Waals surface area contributed by atoms with Crippen molar-refractivity contribution >= 4 is 35.6 Å². The number of hydrogen-bond acceptors (Lipinski definition) is 4. The van der Waals surface area contributed by atoms with Crippen molar-refractivity contribution in [3.63, 3.8) is 0 Å². The van der Waals surface area contributed by atoms with Crippen molar-refractivity contribution in [2.45, 2.75) is 25.8 Å². The first kappa shape index (κ1) is 17.7. The molecule has 1 amide bonds. The Hall–Kier alpha value is -1.63. The van der Waals surface area contributed by atoms with E-state index in [0.717, 1.165) is 31.6 Å². The highest BCUT2D eigenvalue weighted by atomic mass is 35.5. The highest BCUT2D eigenvalue weighted by Gasteiger charge is 2.22. The molecule has 23 heavy (non-hydrogen) atoms. The molecule has 3 rings (SSSR count). The molecule has 2 heterocycles. The molecule has 8 heteroatoms. The highest BCUT2D eigenvalue weighted by molar-refractivity contribution is 6.30. The number of carbonyl (C=O) groups is 1. The molecular weight excluding hydrogens is 337 g/mol. The van der Waals surface area contributed by atoms with Gasteiger partial charge in [0, 0.05) is 10.7 Å². The average molecular weight is 356 g/mol. The van der Waals surface area contributed by atoms with E-state index in [1.54, 1.807) is 24.3 Å². The molecule has 1 aliphatic heterocycles. The molecule has 0 radical (unpaired) electrons. The Labute approximate surface area is 146 Å². The van der Waals surface area contributed by atoms with E-state index in [9.17, 15) is 4.79 Å². The zero-order valence-corrected chi connectivity index (χ0v) is 14.3. The molecule has 0 bridgehead atoms. The lowest BCUT2D eigenvalue weighted by molar-refractivity contribution is 0.102. The monoisotopic (exact) mass is 355 g/mol. The minimum atomic E-state index is -0.264. The molecule has 1 aliphatic rings. The minimum Gasteiger partial charge on any atom is -0.320 e. The molecule has 124 valence electrons. The van der Waals surface area contributed by atoms with Crippen molar-refractivity contribution in [1.82, 2.24) is 20.3 Å². The Morgan fingerprint density at radius 3 is 2.83 bits per heavy atom. The summed E-state index contributed by atoms with van der Waals surface area (Å²) in [6.07, 6.45) is 2.00. The second-order valence-corrected chi connectivity index (χ2v) is 5.85. The normalized spacial score (nSPS) is 15.0. The molecular formula is C15H19Cl2N5O. The lowest BCUT2D eigenvalue weighted by Crippen LogP contribution is -2.30. The fourth-order valence-corrected chi connectivity index (χ4v) is 2.90. The van der Waals surface area contributed by atoms with Crippen LogP contribution in [-0.4, -0.2) is 34.0 Å². The Morgan fingerprint density at radius 1 is 1.39 bits per heavy atom. The van der Waals surface area contributed by atoms with Gasteiger partial charge in [-0.25, -0.2) is 4.68 Å². The molecule has 0 unspecified atom stereocenters. The summed E-state index contributed by atoms with van der Waals surface area (Å²) in [6, 6.07) is 7.34. The number of amides is 1. The van der Waals surface area contributed by atoms with Gasteiger partial charge in [0.05, 0.1) is 11.7 Å². The molecule has 0 saturated carbocycles. The van der Waals surface area contributed by atoms with Gasteiger partial charge in [0.1, 0.15) is 0 Å². The first-order chi connectivity index (χ1) is 10.6. The number of piperidine rings is 1. The summed E-state index contributed by atoms with van der Waals surface area (Å²) in [6.45, 7) is 3.82. The molecule has 1 saturated heterocycles. The van der Waals surface area contributed by atoms with E-state index < -0.39 is 0 Å². The maximum absolute atomic E-state index is 12.4. The SMILES string of the molecule is Cc1c(C(=O)Nc2cccc(Cl)c2)nnn1C1CCNCC1.Cl. The van der Waals surface area contributed by atoms with E-state index in [1.165, 1.54) is 0 Å². The number of nitrogens with zero attached hydrogens (tertiary/aromatic N) is 3. The molecule has 1 fully saturated rings. The van der Waals surface area contributed by atoms with Gasteiger partial charge in [-0.1, -0.05) is 22.9 Å². The third-order valence-electron chi connectivity index (χ3n) is 3.88. The van der Waals surface area contributed by atoms with Gasteiger partial charge in [-0.15, -0.1) is 17.5 Å². The summed E-state index contributed by atoms with van der Waals surface area (Å²) >= 11 is 5.92. The Balaban J connectivity index is 0.00000192. The van der Waals surface area contributed by atoms with Crippen LogP contribution in [0.2, 0.25) is 5.02 Å². The van der Waals surface area contributed by atoms with Gasteiger partial charge in [-0.3, -0.25) is 4.79 Å². The maximum atomic E-state index is 12.4. The third kappa shape index (κ3) is 4.02. The molecule has 6 nitrogen and oxygen atoms in total. The van der Waals surface area contributed by atoms with Gasteiger partial charge in [-0.2, -0.15) is 0 Å². The Morgan fingerprint density at radius 2 is 2.13 bits per heavy atom. The molecule has 1 aromatic carbocycles. The van der Waals surface area contributed by atoms with Crippen molar-refractivity contribution in [2.24, 2.45) is 0 Å². The van der Waals surface area contributed by atoms with E-state index in [4.69, 9.17) is 11.6 Å². The van der Waals surface area contributed by atoms with Crippen LogP contribution in [-0.2, 0) is 0 Å². The van der Waals surface area contributed by atoms with Gasteiger partial charge in [0.15, 0.2) is 5.69 Å². The fourth-order valence-electron chi connectivity index (χ4n) is 2.71. The van der Waals surface area contributed by atoms with Crippen molar-refractivity contribution in [3.05, 3.63) is 40.7 Å². The van der Waals surface area contributed by atoms with Crippen LogP contribution in [0.3, 0.4) is 0 Å². The largest absolute Gasteiger partial charge is 0.320 e. The van der Waals surface area contributed by atoms with Crippen LogP contribution in [0, 0.1) is 6.92 Å². The standard InChI is InChI=1S/C15H18ClN5O.ClH/c1-10-14(15(22)18-12-4-2-3-11(16)9-12)19-20-21(10)13-5-7-17-8-6-13;/h2-4,9,13,17H,5-8H2,1H3,(H,18,22);1H. The predicted octanol–water partition coefficient (Wildman–Crippen LogP) is 2.84. The van der Waals surface area contributed by atoms with Crippen LogP contribution in [0.1, 0.15) is 35.1 Å². The topological polar surface area (TPSA) is 71.8 Å². The van der Waals surface area contributed by atoms with Gasteiger partial charge < -0.3 is 10.6 Å². The van der Waals surface area contributed by atoms with Crippen LogP contribution in [0.5, 0.6) is 0 Å². The molecule has 2 aromatic rings. The van der Waals surface area contributed by atoms with Crippen molar-refractivity contribution in [3.8, 4) is 0 Å². The lowest BCUT2D eigenvalue weighted by Gasteiger charge is -2.23. The first-order valence-electron chi connectivity index (χ1n) is 7.34. The highest BCUT2D eigenvalue weighted by Crippen LogP contribution is 2.21. The van der Waals surface area contributed by atoms with Crippen LogP contribution in [0.15, 0.2) is 24.3 Å². The summed E-state index contributed by atoms with van der Waals surface area (Å²) in [5.74, 6) is -0.264. The number of hydrogen-bond donors (Lipinski definition) is 2. The molecule has 2 N–H and O–H groups in total. The lowest BCUT2D eigenvalue weighted by atomic mass is 10.1. The summed E-state index contributed by atoms with van der Waals surface area (Å²) < 4.78 is 1.87. The molecule has 0 spiro atoms. The third-order valence-corrected chi connectivity index (χ3v) is 4.11. The first-order valence-corrected chi connectivity index (χ1v) is 7.72. The molecule has 1 aromatic heterocycles. The van der Waals surface area contributed by atoms with Crippen LogP contribution >= 0.6 is 24.0 Å². The van der Waals surface area contributed by atoms with Gasteiger partial charge in [-0.05, 0) is 51.1 Å². The van der Waals surface area contributed by atoms with E-state index >= 15 is 0 Å². The average Bonchev–Trinajstić information content (AvgIpc) is 2.90. The summed E-state index contributed by atoms with van der Waals surface area (Å²) in [4.78, 5) is 12.4. The summed E-state index contributed by atoms with van der Waals surface area (Å²) in [5.41, 5.74) is 1.80. The number of nitrogens with one attached hydrogen (secondary N) is 2. The summed E-state index contributed by atoms with van der Waals surface area (Å²) in [7, 11) is 0. The smallest absolute Gasteiger partial charge is 0.278 e. The maximum Gasteiger partial charge on any atom is 0.278 e. The van der Waals surface area contributed by atoms with Gasteiger partial charge in [0.25, 0.3) is 5.91 Å². The number of benzene rings is 1. The number of halogens is 2. The Bertz CT molecular complexity index is 682. The van der Waals surface area contributed by atoms with Crippen molar-refractivity contribution in [1.29, 1.82) is 0 Å². The number of anilines is 1. The fraction of sp³-hybridized carbons (Fsp3) is 0.400. The summed E-state index contributed by atoms with van der Waals surface area (Å²) in [5, 5.41) is 14.9. The van der Waals surface area contributed by atoms with E-state index in [1.807, 2.05) is 11.6 Å². The zero-order chi connectivity index (χ0) is 15.5. The second kappa shape index (κ2) is 7.77. The number of carbonyl (C=O) groups excluding carboxylic acids is 1. The van der Waals surface area contributed by atoms with E-state index in [2.05, 4.69) is 20.9 Å². The van der Waals surface area contributed by atoms with Crippen LogP contribution < -0.4 is 10.6 Å². The van der Waals surface area contributed by atoms with Crippen molar-refractivity contribution < 1.29 is 4.79 Å².